The monoisotopic (exact) mass is 182 g/mol. The number of nitrogens with one attached hydrogen (secondary N) is 1. The molecule has 0 aromatic heterocycles. The predicted octanol–water partition coefficient (Wildman–Crippen LogP) is 1.65. The van der Waals surface area contributed by atoms with Gasteiger partial charge in [0.25, 0.3) is 0 Å². The van der Waals surface area contributed by atoms with Crippen molar-refractivity contribution in [3.8, 4) is 0 Å². The summed E-state index contributed by atoms with van der Waals surface area (Å²) in [6.07, 6.45) is 8.08. The van der Waals surface area contributed by atoms with E-state index >= 15 is 0 Å². The van der Waals surface area contributed by atoms with Crippen molar-refractivity contribution < 1.29 is 0 Å². The topological polar surface area (TPSA) is 38.0 Å². The Morgan fingerprint density at radius 3 is 2.23 bits per heavy atom. The van der Waals surface area contributed by atoms with Crippen LogP contribution < -0.4 is 11.1 Å². The zero-order valence-corrected chi connectivity index (χ0v) is 8.73. The molecule has 2 fully saturated rings. The molecule has 2 aliphatic carbocycles. The van der Waals surface area contributed by atoms with E-state index in [1.54, 1.807) is 0 Å². The van der Waals surface area contributed by atoms with Crippen LogP contribution >= 0.6 is 0 Å². The summed E-state index contributed by atoms with van der Waals surface area (Å²) < 4.78 is 0. The molecule has 2 rings (SSSR count). The fraction of sp³-hybridized carbons (Fsp3) is 1.00. The lowest BCUT2D eigenvalue weighted by Crippen LogP contribution is -2.40. The number of hydrogen-bond acceptors (Lipinski definition) is 2. The van der Waals surface area contributed by atoms with Crippen LogP contribution in [0.25, 0.3) is 0 Å². The SMILES string of the molecule is CC1(CNCC2(N)CC2)CCCC1. The summed E-state index contributed by atoms with van der Waals surface area (Å²) in [6, 6.07) is 0. The van der Waals surface area contributed by atoms with Gasteiger partial charge in [-0.2, -0.15) is 0 Å². The Labute approximate surface area is 81.3 Å². The molecule has 76 valence electrons. The normalized spacial score (nSPS) is 29.1. The van der Waals surface area contributed by atoms with E-state index in [1.165, 1.54) is 45.1 Å². The maximum Gasteiger partial charge on any atom is 0.0282 e. The molecule has 2 heteroatoms. The summed E-state index contributed by atoms with van der Waals surface area (Å²) in [5.41, 5.74) is 6.76. The Kier molecular flexibility index (Phi) is 2.37. The van der Waals surface area contributed by atoms with E-state index in [9.17, 15) is 0 Å². The van der Waals surface area contributed by atoms with Crippen LogP contribution in [0, 0.1) is 5.41 Å². The zero-order valence-electron chi connectivity index (χ0n) is 8.73. The van der Waals surface area contributed by atoms with Crippen LogP contribution in [0.15, 0.2) is 0 Å². The lowest BCUT2D eigenvalue weighted by Gasteiger charge is -2.24. The van der Waals surface area contributed by atoms with Gasteiger partial charge in [0.1, 0.15) is 0 Å². The molecule has 2 aliphatic rings. The van der Waals surface area contributed by atoms with E-state index in [0.29, 0.717) is 5.41 Å². The summed E-state index contributed by atoms with van der Waals surface area (Å²) in [5, 5.41) is 3.55. The largest absolute Gasteiger partial charge is 0.324 e. The van der Waals surface area contributed by atoms with Crippen molar-refractivity contribution in [2.75, 3.05) is 13.1 Å². The van der Waals surface area contributed by atoms with E-state index < -0.39 is 0 Å². The highest BCUT2D eigenvalue weighted by molar-refractivity contribution is 5.00. The van der Waals surface area contributed by atoms with Crippen molar-refractivity contribution in [1.82, 2.24) is 5.32 Å². The number of nitrogens with two attached hydrogens (primary N) is 1. The molecule has 0 unspecified atom stereocenters. The fourth-order valence-corrected chi connectivity index (χ4v) is 2.36. The van der Waals surface area contributed by atoms with Crippen LogP contribution in [0.3, 0.4) is 0 Å². The average Bonchev–Trinajstić information content (AvgIpc) is 2.62. The highest BCUT2D eigenvalue weighted by Gasteiger charge is 2.38. The average molecular weight is 182 g/mol. The van der Waals surface area contributed by atoms with Gasteiger partial charge in [-0.15, -0.1) is 0 Å². The van der Waals surface area contributed by atoms with Crippen LogP contribution in [-0.4, -0.2) is 18.6 Å². The minimum atomic E-state index is 0.176. The van der Waals surface area contributed by atoms with Gasteiger partial charge in [-0.1, -0.05) is 19.8 Å². The van der Waals surface area contributed by atoms with Gasteiger partial charge in [-0.3, -0.25) is 0 Å². The molecule has 0 aromatic carbocycles. The standard InChI is InChI=1S/C11H22N2/c1-10(4-2-3-5-10)8-13-9-11(12)6-7-11/h13H,2-9,12H2,1H3. The quantitative estimate of drug-likeness (QED) is 0.694. The minimum absolute atomic E-state index is 0.176. The molecule has 3 N–H and O–H groups in total. The minimum Gasteiger partial charge on any atom is -0.324 e. The van der Waals surface area contributed by atoms with Gasteiger partial charge in [0.2, 0.25) is 0 Å². The third-order valence-corrected chi connectivity index (χ3v) is 3.73. The van der Waals surface area contributed by atoms with Gasteiger partial charge in [0.05, 0.1) is 0 Å². The molecule has 2 nitrogen and oxygen atoms in total. The molecular weight excluding hydrogens is 160 g/mol. The Bertz CT molecular complexity index is 179. The van der Waals surface area contributed by atoms with Gasteiger partial charge < -0.3 is 11.1 Å². The summed E-state index contributed by atoms with van der Waals surface area (Å²) in [4.78, 5) is 0. The van der Waals surface area contributed by atoms with Crippen LogP contribution in [-0.2, 0) is 0 Å². The van der Waals surface area contributed by atoms with Crippen molar-refractivity contribution in [1.29, 1.82) is 0 Å². The molecule has 0 atom stereocenters. The molecular formula is C11H22N2. The fourth-order valence-electron chi connectivity index (χ4n) is 2.36. The van der Waals surface area contributed by atoms with E-state index in [-0.39, 0.29) is 5.54 Å². The van der Waals surface area contributed by atoms with E-state index in [4.69, 9.17) is 5.73 Å². The molecule has 0 heterocycles. The molecule has 0 radical (unpaired) electrons. The smallest absolute Gasteiger partial charge is 0.0282 e. The first-order valence-electron chi connectivity index (χ1n) is 5.62. The van der Waals surface area contributed by atoms with E-state index in [1.807, 2.05) is 0 Å². The van der Waals surface area contributed by atoms with Gasteiger partial charge in [-0.25, -0.2) is 0 Å². The van der Waals surface area contributed by atoms with Crippen molar-refractivity contribution in [3.05, 3.63) is 0 Å². The van der Waals surface area contributed by atoms with E-state index in [0.717, 1.165) is 6.54 Å². The summed E-state index contributed by atoms with van der Waals surface area (Å²) in [7, 11) is 0. The van der Waals surface area contributed by atoms with Crippen LogP contribution in [0.4, 0.5) is 0 Å². The third-order valence-electron chi connectivity index (χ3n) is 3.73. The van der Waals surface area contributed by atoms with Crippen molar-refractivity contribution in [3.63, 3.8) is 0 Å². The summed E-state index contributed by atoms with van der Waals surface area (Å²) >= 11 is 0. The summed E-state index contributed by atoms with van der Waals surface area (Å²) in [6.45, 7) is 4.61. The second-order valence-corrected chi connectivity index (χ2v) is 5.48. The molecule has 0 aliphatic heterocycles. The van der Waals surface area contributed by atoms with Crippen molar-refractivity contribution >= 4 is 0 Å². The highest BCUT2D eigenvalue weighted by Crippen LogP contribution is 2.37. The Morgan fingerprint density at radius 1 is 1.08 bits per heavy atom. The van der Waals surface area contributed by atoms with Gasteiger partial charge in [0, 0.05) is 18.6 Å². The Balaban J connectivity index is 1.66. The highest BCUT2D eigenvalue weighted by atomic mass is 15.0. The molecule has 0 bridgehead atoms. The van der Waals surface area contributed by atoms with Gasteiger partial charge in [0.15, 0.2) is 0 Å². The molecule has 0 aromatic rings. The maximum atomic E-state index is 6.01. The lowest BCUT2D eigenvalue weighted by molar-refractivity contribution is 0.310. The second-order valence-electron chi connectivity index (χ2n) is 5.48. The Hall–Kier alpha value is -0.0800. The third kappa shape index (κ3) is 2.44. The van der Waals surface area contributed by atoms with Crippen molar-refractivity contribution in [2.24, 2.45) is 11.1 Å². The summed E-state index contributed by atoms with van der Waals surface area (Å²) in [5.74, 6) is 0. The second kappa shape index (κ2) is 3.25. The molecule has 0 amide bonds. The number of rotatable bonds is 4. The van der Waals surface area contributed by atoms with E-state index in [2.05, 4.69) is 12.2 Å². The molecule has 0 saturated heterocycles. The number of hydrogen-bond donors (Lipinski definition) is 2. The predicted molar refractivity (Wildman–Crippen MR) is 55.6 cm³/mol. The first-order valence-corrected chi connectivity index (χ1v) is 5.62. The Morgan fingerprint density at radius 2 is 1.69 bits per heavy atom. The zero-order chi connectivity index (χ0) is 9.36. The van der Waals surface area contributed by atoms with Gasteiger partial charge >= 0.3 is 0 Å². The molecule has 2 saturated carbocycles. The van der Waals surface area contributed by atoms with Crippen LogP contribution in [0.2, 0.25) is 0 Å². The van der Waals surface area contributed by atoms with Crippen molar-refractivity contribution in [2.45, 2.75) is 51.0 Å². The molecule has 0 spiro atoms. The van der Waals surface area contributed by atoms with Crippen LogP contribution in [0.5, 0.6) is 0 Å². The first kappa shape index (κ1) is 9.47. The van der Waals surface area contributed by atoms with Crippen LogP contribution in [0.1, 0.15) is 45.4 Å². The maximum absolute atomic E-state index is 6.01. The lowest BCUT2D eigenvalue weighted by atomic mass is 9.89. The first-order chi connectivity index (χ1) is 6.12. The molecule has 13 heavy (non-hydrogen) atoms. The van der Waals surface area contributed by atoms with Gasteiger partial charge in [-0.05, 0) is 31.1 Å².